The van der Waals surface area contributed by atoms with E-state index in [9.17, 15) is 4.79 Å². The number of rotatable bonds is 3. The fourth-order valence-electron chi connectivity index (χ4n) is 3.17. The fourth-order valence-corrected chi connectivity index (χ4v) is 4.53. The van der Waals surface area contributed by atoms with Crippen molar-refractivity contribution in [3.05, 3.63) is 29.8 Å². The number of hydrogen-bond donors (Lipinski definition) is 0. The van der Waals surface area contributed by atoms with Crippen LogP contribution in [-0.4, -0.2) is 35.6 Å². The normalized spacial score (nSPS) is 24.4. The quantitative estimate of drug-likeness (QED) is 0.846. The standard InChI is InChI=1S/C16H21NOS/c1-12(18)13-6-8-17(9-7-13)11-15-10-14-4-2-3-5-16(14)19-15/h2-5,13,15H,6-11H2,1H3. The zero-order chi connectivity index (χ0) is 13.2. The molecule has 1 aromatic carbocycles. The highest BCUT2D eigenvalue weighted by Gasteiger charge is 2.27. The summed E-state index contributed by atoms with van der Waals surface area (Å²) in [7, 11) is 0. The number of ketones is 1. The number of benzene rings is 1. The number of carbonyl (C=O) groups excluding carboxylic acids is 1. The van der Waals surface area contributed by atoms with Crippen molar-refractivity contribution < 1.29 is 4.79 Å². The van der Waals surface area contributed by atoms with Gasteiger partial charge in [0.15, 0.2) is 0 Å². The molecule has 2 aliphatic heterocycles. The molecule has 2 aliphatic rings. The van der Waals surface area contributed by atoms with E-state index < -0.39 is 0 Å². The van der Waals surface area contributed by atoms with Crippen LogP contribution < -0.4 is 0 Å². The molecule has 0 bridgehead atoms. The molecule has 1 unspecified atom stereocenters. The van der Waals surface area contributed by atoms with Crippen molar-refractivity contribution >= 4 is 17.5 Å². The van der Waals surface area contributed by atoms with Gasteiger partial charge in [-0.1, -0.05) is 18.2 Å². The molecule has 1 atom stereocenters. The van der Waals surface area contributed by atoms with Crippen LogP contribution in [0.3, 0.4) is 0 Å². The highest BCUT2D eigenvalue weighted by atomic mass is 32.2. The average molecular weight is 275 g/mol. The van der Waals surface area contributed by atoms with Gasteiger partial charge >= 0.3 is 0 Å². The predicted molar refractivity (Wildman–Crippen MR) is 79.6 cm³/mol. The summed E-state index contributed by atoms with van der Waals surface area (Å²) in [4.78, 5) is 15.4. The van der Waals surface area contributed by atoms with Crippen molar-refractivity contribution in [1.29, 1.82) is 0 Å². The molecule has 0 radical (unpaired) electrons. The number of Topliss-reactive ketones (excluding diaryl/α,β-unsaturated/α-hetero) is 1. The summed E-state index contributed by atoms with van der Waals surface area (Å²) in [6, 6.07) is 8.76. The molecule has 102 valence electrons. The van der Waals surface area contributed by atoms with E-state index in [1.54, 1.807) is 6.92 Å². The van der Waals surface area contributed by atoms with Crippen LogP contribution in [0, 0.1) is 5.92 Å². The molecular weight excluding hydrogens is 254 g/mol. The van der Waals surface area contributed by atoms with Crippen molar-refractivity contribution in [1.82, 2.24) is 4.90 Å². The SMILES string of the molecule is CC(=O)C1CCN(CC2Cc3ccccc3S2)CC1. The van der Waals surface area contributed by atoms with E-state index in [-0.39, 0.29) is 0 Å². The smallest absolute Gasteiger partial charge is 0.133 e. The Balaban J connectivity index is 1.51. The maximum absolute atomic E-state index is 11.4. The zero-order valence-corrected chi connectivity index (χ0v) is 12.3. The lowest BCUT2D eigenvalue weighted by Crippen LogP contribution is -2.39. The van der Waals surface area contributed by atoms with E-state index in [0.717, 1.165) is 25.9 Å². The number of likely N-dealkylation sites (tertiary alicyclic amines) is 1. The number of carbonyl (C=O) groups is 1. The largest absolute Gasteiger partial charge is 0.302 e. The van der Waals surface area contributed by atoms with Gasteiger partial charge in [-0.3, -0.25) is 4.79 Å². The van der Waals surface area contributed by atoms with Gasteiger partial charge < -0.3 is 4.90 Å². The Morgan fingerprint density at radius 2 is 2.05 bits per heavy atom. The number of thioether (sulfide) groups is 1. The highest BCUT2D eigenvalue weighted by Crippen LogP contribution is 2.37. The maximum atomic E-state index is 11.4. The van der Waals surface area contributed by atoms with Crippen LogP contribution in [-0.2, 0) is 11.2 Å². The Morgan fingerprint density at radius 1 is 1.32 bits per heavy atom. The number of hydrogen-bond acceptors (Lipinski definition) is 3. The lowest BCUT2D eigenvalue weighted by Gasteiger charge is -2.32. The van der Waals surface area contributed by atoms with E-state index in [1.807, 2.05) is 11.8 Å². The van der Waals surface area contributed by atoms with Gasteiger partial charge in [-0.05, 0) is 50.9 Å². The highest BCUT2D eigenvalue weighted by molar-refractivity contribution is 8.00. The van der Waals surface area contributed by atoms with Crippen molar-refractivity contribution in [2.45, 2.75) is 36.3 Å². The molecule has 1 fully saturated rings. The van der Waals surface area contributed by atoms with E-state index in [0.29, 0.717) is 17.0 Å². The molecular formula is C16H21NOS. The topological polar surface area (TPSA) is 20.3 Å². The van der Waals surface area contributed by atoms with Crippen LogP contribution in [0.1, 0.15) is 25.3 Å². The van der Waals surface area contributed by atoms with Gasteiger partial charge in [-0.25, -0.2) is 0 Å². The fraction of sp³-hybridized carbons (Fsp3) is 0.562. The molecule has 0 aromatic heterocycles. The Bertz CT molecular complexity index is 441. The Hall–Kier alpha value is -0.800. The molecule has 1 aromatic rings. The van der Waals surface area contributed by atoms with E-state index in [1.165, 1.54) is 23.4 Å². The molecule has 3 rings (SSSR count). The lowest BCUT2D eigenvalue weighted by atomic mass is 9.93. The number of fused-ring (bicyclic) bond motifs is 1. The van der Waals surface area contributed by atoms with Crippen molar-refractivity contribution in [3.8, 4) is 0 Å². The van der Waals surface area contributed by atoms with E-state index in [4.69, 9.17) is 0 Å². The van der Waals surface area contributed by atoms with Crippen LogP contribution in [0.2, 0.25) is 0 Å². The van der Waals surface area contributed by atoms with Crippen molar-refractivity contribution in [2.75, 3.05) is 19.6 Å². The Labute approximate surface area is 119 Å². The molecule has 0 N–H and O–H groups in total. The summed E-state index contributed by atoms with van der Waals surface area (Å²) in [5.74, 6) is 0.701. The summed E-state index contributed by atoms with van der Waals surface area (Å²) < 4.78 is 0. The van der Waals surface area contributed by atoms with Crippen LogP contribution >= 0.6 is 11.8 Å². The molecule has 0 amide bonds. The van der Waals surface area contributed by atoms with Gasteiger partial charge in [-0.2, -0.15) is 0 Å². The Kier molecular flexibility index (Phi) is 3.94. The summed E-state index contributed by atoms with van der Waals surface area (Å²) in [5.41, 5.74) is 1.51. The maximum Gasteiger partial charge on any atom is 0.133 e. The van der Waals surface area contributed by atoms with Crippen LogP contribution in [0.15, 0.2) is 29.2 Å². The van der Waals surface area contributed by atoms with Crippen molar-refractivity contribution in [3.63, 3.8) is 0 Å². The van der Waals surface area contributed by atoms with Gasteiger partial charge in [0, 0.05) is 22.6 Å². The zero-order valence-electron chi connectivity index (χ0n) is 11.5. The third kappa shape index (κ3) is 3.03. The van der Waals surface area contributed by atoms with Gasteiger partial charge in [0.2, 0.25) is 0 Å². The van der Waals surface area contributed by atoms with Gasteiger partial charge in [0.05, 0.1) is 0 Å². The molecule has 0 spiro atoms. The summed E-state index contributed by atoms with van der Waals surface area (Å²) >= 11 is 2.03. The van der Waals surface area contributed by atoms with Crippen LogP contribution in [0.5, 0.6) is 0 Å². The summed E-state index contributed by atoms with van der Waals surface area (Å²) in [6.07, 6.45) is 3.31. The first-order valence-electron chi connectivity index (χ1n) is 7.20. The minimum Gasteiger partial charge on any atom is -0.302 e. The molecule has 0 aliphatic carbocycles. The molecule has 19 heavy (non-hydrogen) atoms. The summed E-state index contributed by atoms with van der Waals surface area (Å²) in [6.45, 7) is 5.10. The first kappa shape index (κ1) is 13.2. The Morgan fingerprint density at radius 3 is 2.74 bits per heavy atom. The molecule has 0 saturated carbocycles. The van der Waals surface area contributed by atoms with Crippen molar-refractivity contribution in [2.24, 2.45) is 5.92 Å². The van der Waals surface area contributed by atoms with E-state index >= 15 is 0 Å². The monoisotopic (exact) mass is 275 g/mol. The second kappa shape index (κ2) is 5.68. The van der Waals surface area contributed by atoms with Crippen LogP contribution in [0.4, 0.5) is 0 Å². The third-order valence-corrected chi connectivity index (χ3v) is 5.64. The van der Waals surface area contributed by atoms with Gasteiger partial charge in [-0.15, -0.1) is 11.8 Å². The van der Waals surface area contributed by atoms with Crippen LogP contribution in [0.25, 0.3) is 0 Å². The second-order valence-corrected chi connectivity index (χ2v) is 7.08. The number of nitrogens with zero attached hydrogens (tertiary/aromatic N) is 1. The predicted octanol–water partition coefficient (Wildman–Crippen LogP) is 3.00. The third-order valence-electron chi connectivity index (χ3n) is 4.34. The molecule has 3 heteroatoms. The molecule has 2 heterocycles. The first-order chi connectivity index (χ1) is 9.22. The second-order valence-electron chi connectivity index (χ2n) is 5.74. The first-order valence-corrected chi connectivity index (χ1v) is 8.07. The molecule has 2 nitrogen and oxygen atoms in total. The molecule has 1 saturated heterocycles. The lowest BCUT2D eigenvalue weighted by molar-refractivity contribution is -0.122. The summed E-state index contributed by atoms with van der Waals surface area (Å²) in [5, 5.41) is 0.700. The van der Waals surface area contributed by atoms with Gasteiger partial charge in [0.25, 0.3) is 0 Å². The van der Waals surface area contributed by atoms with E-state index in [2.05, 4.69) is 29.2 Å². The minimum atomic E-state index is 0.324. The average Bonchev–Trinajstić information content (AvgIpc) is 2.81. The minimum absolute atomic E-state index is 0.324. The number of piperidine rings is 1. The van der Waals surface area contributed by atoms with Gasteiger partial charge in [0.1, 0.15) is 5.78 Å².